The normalized spacial score (nSPS) is 14.9. The zero-order valence-electron chi connectivity index (χ0n) is 19.3. The quantitative estimate of drug-likeness (QED) is 0.273. The highest BCUT2D eigenvalue weighted by molar-refractivity contribution is 5.94. The number of ether oxygens (including phenoxy) is 2. The monoisotopic (exact) mass is 498 g/mol. The topological polar surface area (TPSA) is 136 Å². The molecule has 3 heterocycles. The van der Waals surface area contributed by atoms with Crippen molar-refractivity contribution in [2.75, 3.05) is 7.11 Å². The largest absolute Gasteiger partial charge is 0.508 e. The minimum Gasteiger partial charge on any atom is -0.508 e. The molecule has 37 heavy (non-hydrogen) atoms. The van der Waals surface area contributed by atoms with Crippen molar-refractivity contribution in [1.82, 2.24) is 0 Å². The number of esters is 1. The minimum atomic E-state index is -0.867. The first-order chi connectivity index (χ1) is 17.9. The lowest BCUT2D eigenvalue weighted by atomic mass is 9.85. The second-order valence-electron chi connectivity index (χ2n) is 8.65. The molecule has 184 valence electrons. The summed E-state index contributed by atoms with van der Waals surface area (Å²) in [5.74, 6) is -1.45. The summed E-state index contributed by atoms with van der Waals surface area (Å²) >= 11 is 0. The Morgan fingerprint density at radius 2 is 1.70 bits per heavy atom. The van der Waals surface area contributed by atoms with Crippen LogP contribution in [0.2, 0.25) is 0 Å². The summed E-state index contributed by atoms with van der Waals surface area (Å²) in [6, 6.07) is 11.9. The lowest BCUT2D eigenvalue weighted by molar-refractivity contribution is -0.135. The summed E-state index contributed by atoms with van der Waals surface area (Å²) in [6.07, 6.45) is 2.31. The first-order valence-corrected chi connectivity index (χ1v) is 11.3. The molecule has 1 atom stereocenters. The molecule has 1 aliphatic rings. The molecule has 0 aliphatic carbocycles. The molecule has 0 unspecified atom stereocenters. The Morgan fingerprint density at radius 3 is 2.46 bits per heavy atom. The number of fused-ring (bicyclic) bond motifs is 4. The number of rotatable bonds is 3. The zero-order chi connectivity index (χ0) is 25.8. The first kappa shape index (κ1) is 22.4. The first-order valence-electron chi connectivity index (χ1n) is 11.3. The number of hydrogen-bond donors (Lipinski definition) is 2. The van der Waals surface area contributed by atoms with E-state index >= 15 is 0 Å². The van der Waals surface area contributed by atoms with Crippen molar-refractivity contribution >= 4 is 27.9 Å². The molecule has 0 fully saturated rings. The van der Waals surface area contributed by atoms with Crippen LogP contribution in [0.25, 0.3) is 33.1 Å². The number of aromatic hydroxyl groups is 2. The van der Waals surface area contributed by atoms with Crippen LogP contribution in [-0.2, 0) is 4.79 Å². The lowest BCUT2D eigenvalue weighted by Crippen LogP contribution is -2.25. The molecule has 3 aromatic carbocycles. The average Bonchev–Trinajstić information content (AvgIpc) is 2.89. The molecule has 0 amide bonds. The molecule has 2 aromatic heterocycles. The van der Waals surface area contributed by atoms with Crippen LogP contribution in [0.5, 0.6) is 23.0 Å². The molecule has 5 aromatic rings. The Bertz CT molecular complexity index is 1850. The van der Waals surface area contributed by atoms with Crippen LogP contribution in [0.4, 0.5) is 0 Å². The second kappa shape index (κ2) is 8.27. The highest BCUT2D eigenvalue weighted by atomic mass is 16.5. The van der Waals surface area contributed by atoms with Gasteiger partial charge in [0, 0.05) is 23.1 Å². The number of methoxy groups -OCH3 is 1. The van der Waals surface area contributed by atoms with E-state index in [1.807, 2.05) is 0 Å². The highest BCUT2D eigenvalue weighted by Crippen LogP contribution is 2.45. The van der Waals surface area contributed by atoms with Gasteiger partial charge in [-0.2, -0.15) is 0 Å². The third-order valence-electron chi connectivity index (χ3n) is 6.53. The molecule has 0 saturated carbocycles. The predicted octanol–water partition coefficient (Wildman–Crippen LogP) is 4.43. The Labute approximate surface area is 207 Å². The van der Waals surface area contributed by atoms with Gasteiger partial charge in [-0.1, -0.05) is 12.1 Å². The Kier molecular flexibility index (Phi) is 5.01. The van der Waals surface area contributed by atoms with Gasteiger partial charge in [-0.3, -0.25) is 14.4 Å². The number of phenols is 2. The summed E-state index contributed by atoms with van der Waals surface area (Å²) in [4.78, 5) is 39.5. The summed E-state index contributed by atoms with van der Waals surface area (Å²) in [5, 5.41) is 20.4. The van der Waals surface area contributed by atoms with E-state index in [4.69, 9.17) is 18.3 Å². The standard InChI is InChI=1S/C28H18O9/c1-34-15-6-7-21-17(8-15)26(32)19(12-35-21)16-9-23(31)37-22-10-20(30)25-27(33)18(11-36-28(25)24(16)22)13-2-4-14(29)5-3-13/h2-8,10-12,16,29-30H,9H2,1H3/t16-/m0/s1. The fourth-order valence-electron chi connectivity index (χ4n) is 4.73. The van der Waals surface area contributed by atoms with Crippen molar-refractivity contribution in [2.45, 2.75) is 12.3 Å². The van der Waals surface area contributed by atoms with Gasteiger partial charge in [0.2, 0.25) is 5.43 Å². The lowest BCUT2D eigenvalue weighted by Gasteiger charge is -2.25. The fraction of sp³-hybridized carbons (Fsp3) is 0.107. The van der Waals surface area contributed by atoms with Crippen molar-refractivity contribution in [1.29, 1.82) is 0 Å². The second-order valence-corrected chi connectivity index (χ2v) is 8.65. The number of carbonyl (C=O) groups is 1. The predicted molar refractivity (Wildman–Crippen MR) is 132 cm³/mol. The van der Waals surface area contributed by atoms with E-state index in [1.165, 1.54) is 37.8 Å². The fourth-order valence-corrected chi connectivity index (χ4v) is 4.73. The Hall–Kier alpha value is -5.05. The molecular formula is C28H18O9. The summed E-state index contributed by atoms with van der Waals surface area (Å²) < 4.78 is 22.2. The molecule has 1 aliphatic heterocycles. The third kappa shape index (κ3) is 3.51. The maximum absolute atomic E-state index is 13.5. The van der Waals surface area contributed by atoms with Crippen molar-refractivity contribution in [3.63, 3.8) is 0 Å². The smallest absolute Gasteiger partial charge is 0.312 e. The van der Waals surface area contributed by atoms with Gasteiger partial charge in [-0.05, 0) is 35.9 Å². The van der Waals surface area contributed by atoms with Gasteiger partial charge in [0.1, 0.15) is 45.8 Å². The van der Waals surface area contributed by atoms with Crippen molar-refractivity contribution < 1.29 is 33.3 Å². The van der Waals surface area contributed by atoms with Gasteiger partial charge in [0.05, 0.1) is 30.7 Å². The maximum Gasteiger partial charge on any atom is 0.312 e. The molecule has 0 saturated heterocycles. The van der Waals surface area contributed by atoms with Crippen LogP contribution in [0.1, 0.15) is 23.5 Å². The van der Waals surface area contributed by atoms with E-state index < -0.39 is 23.1 Å². The van der Waals surface area contributed by atoms with Gasteiger partial charge >= 0.3 is 5.97 Å². The molecule has 0 spiro atoms. The van der Waals surface area contributed by atoms with Gasteiger partial charge in [0.15, 0.2) is 5.43 Å². The van der Waals surface area contributed by atoms with Gasteiger partial charge in [-0.15, -0.1) is 0 Å². The van der Waals surface area contributed by atoms with Crippen molar-refractivity contribution in [3.05, 3.63) is 92.6 Å². The van der Waals surface area contributed by atoms with E-state index in [-0.39, 0.29) is 56.4 Å². The minimum absolute atomic E-state index is 0.00910. The van der Waals surface area contributed by atoms with E-state index in [0.29, 0.717) is 16.9 Å². The molecule has 2 N–H and O–H groups in total. The molecule has 0 bridgehead atoms. The SMILES string of the molecule is COc1ccc2occ([C@@H]3CC(=O)Oc4cc(O)c5c(=O)c(-c6ccc(O)cc6)coc5c43)c(=O)c2c1. The van der Waals surface area contributed by atoms with Gasteiger partial charge < -0.3 is 28.5 Å². The van der Waals surface area contributed by atoms with E-state index in [0.717, 1.165) is 0 Å². The van der Waals surface area contributed by atoms with E-state index in [1.54, 1.807) is 30.3 Å². The van der Waals surface area contributed by atoms with Gasteiger partial charge in [0.25, 0.3) is 0 Å². The van der Waals surface area contributed by atoms with Crippen molar-refractivity contribution in [2.24, 2.45) is 0 Å². The molecular weight excluding hydrogens is 480 g/mol. The zero-order valence-corrected chi connectivity index (χ0v) is 19.3. The number of benzene rings is 3. The summed E-state index contributed by atoms with van der Waals surface area (Å²) in [5.41, 5.74) is 0.488. The number of carbonyl (C=O) groups excluding carboxylic acids is 1. The Morgan fingerprint density at radius 1 is 0.919 bits per heavy atom. The van der Waals surface area contributed by atoms with Crippen LogP contribution in [0.3, 0.4) is 0 Å². The average molecular weight is 498 g/mol. The maximum atomic E-state index is 13.5. The number of hydrogen-bond acceptors (Lipinski definition) is 9. The van der Waals surface area contributed by atoms with Crippen LogP contribution in [0, 0.1) is 0 Å². The summed E-state index contributed by atoms with van der Waals surface area (Å²) in [7, 11) is 1.48. The van der Waals surface area contributed by atoms with Crippen molar-refractivity contribution in [3.8, 4) is 34.1 Å². The van der Waals surface area contributed by atoms with Crippen LogP contribution in [0.15, 0.2) is 79.5 Å². The highest BCUT2D eigenvalue weighted by Gasteiger charge is 2.35. The van der Waals surface area contributed by atoms with E-state index in [2.05, 4.69) is 0 Å². The molecule has 9 nitrogen and oxygen atoms in total. The molecule has 6 rings (SSSR count). The number of phenolic OH excluding ortho intramolecular Hbond substituents is 2. The third-order valence-corrected chi connectivity index (χ3v) is 6.53. The molecule has 9 heteroatoms. The summed E-state index contributed by atoms with van der Waals surface area (Å²) in [6.45, 7) is 0. The molecule has 0 radical (unpaired) electrons. The van der Waals surface area contributed by atoms with E-state index in [9.17, 15) is 24.6 Å². The van der Waals surface area contributed by atoms with Gasteiger partial charge in [-0.25, -0.2) is 0 Å². The Balaban J connectivity index is 1.61. The van der Waals surface area contributed by atoms with Crippen LogP contribution >= 0.6 is 0 Å². The van der Waals surface area contributed by atoms with Crippen LogP contribution < -0.4 is 20.3 Å². The van der Waals surface area contributed by atoms with Crippen LogP contribution in [-0.4, -0.2) is 23.3 Å².